The van der Waals surface area contributed by atoms with E-state index in [4.69, 9.17) is 15.3 Å². The zero-order chi connectivity index (χ0) is 20.7. The second-order valence-corrected chi connectivity index (χ2v) is 14.8. The SMILES string of the molecule is CCP(CC)CC.CCP(CC)CC.CCP(CC)CC.O=[N+]([O-])[O-].[Au+].[Au+].[Au+].[S-2]. The van der Waals surface area contributed by atoms with Gasteiger partial charge >= 0.3 is 67.1 Å². The molecule has 194 valence electrons. The maximum absolute atomic E-state index is 8.25. The average Bonchev–Trinajstić information content (AvgIpc) is 2.60. The van der Waals surface area contributed by atoms with Crippen LogP contribution in [-0.2, 0) is 80.6 Å². The van der Waals surface area contributed by atoms with Crippen LogP contribution < -0.4 is 0 Å². The standard InChI is InChI=1S/3C6H15P.3Au.NO3.S/c3*1-4-7(5-2)6-3;;;;2-1(3)4;/h3*4-6H2,1-3H3;;;;;/q;;;3*+1;-1;-2. The number of rotatable bonds is 9. The van der Waals surface area contributed by atoms with Crippen LogP contribution in [-0.4, -0.2) is 60.5 Å². The van der Waals surface area contributed by atoms with Gasteiger partial charge in [-0.2, -0.15) is 0 Å². The second kappa shape index (κ2) is 48.5. The Morgan fingerprint density at radius 3 is 0.552 bits per heavy atom. The first-order valence-electron chi connectivity index (χ1n) is 9.76. The average molecular weight is 1040 g/mol. The molecule has 0 aromatic heterocycles. The summed E-state index contributed by atoms with van der Waals surface area (Å²) in [5.74, 6) is 0. The van der Waals surface area contributed by atoms with Crippen molar-refractivity contribution < 1.29 is 72.2 Å². The topological polar surface area (TPSA) is 66.2 Å². The molecule has 0 aliphatic rings. The third kappa shape index (κ3) is 59.1. The molecular weight excluding hydrogens is 994 g/mol. The summed E-state index contributed by atoms with van der Waals surface area (Å²) < 4.78 is 0. The van der Waals surface area contributed by atoms with Crippen molar-refractivity contribution in [2.45, 2.75) is 62.3 Å². The second-order valence-electron chi connectivity index (χ2n) is 5.08. The normalized spacial score (nSPS) is 8.28. The molecule has 11 heteroatoms. The Labute approximate surface area is 240 Å². The molecule has 0 bridgehead atoms. The van der Waals surface area contributed by atoms with E-state index < -0.39 is 5.09 Å². The van der Waals surface area contributed by atoms with Crippen LogP contribution in [0.1, 0.15) is 62.3 Å². The van der Waals surface area contributed by atoms with E-state index in [0.29, 0.717) is 23.8 Å². The van der Waals surface area contributed by atoms with Crippen LogP contribution in [0, 0.1) is 15.3 Å². The van der Waals surface area contributed by atoms with E-state index in [1.54, 1.807) is 0 Å². The zero-order valence-corrected chi connectivity index (χ0v) is 29.7. The Hall–Kier alpha value is 3.06. The largest absolute Gasteiger partial charge is 2.00 e. The van der Waals surface area contributed by atoms with Gasteiger partial charge in [-0.3, -0.25) is 0 Å². The van der Waals surface area contributed by atoms with Crippen molar-refractivity contribution >= 4 is 37.3 Å². The molecular formula is C18H45Au3NO3P3S. The summed E-state index contributed by atoms with van der Waals surface area (Å²) in [6, 6.07) is 0. The molecule has 0 atom stereocenters. The molecule has 0 unspecified atom stereocenters. The van der Waals surface area contributed by atoms with Gasteiger partial charge in [0.2, 0.25) is 0 Å². The number of hydrogen-bond acceptors (Lipinski definition) is 3. The fourth-order valence-electron chi connectivity index (χ4n) is 2.01. The summed E-state index contributed by atoms with van der Waals surface area (Å²) in [4.78, 5) is 8.25. The molecule has 0 aliphatic carbocycles. The summed E-state index contributed by atoms with van der Waals surface area (Å²) in [7, 11) is 1.34. The third-order valence-electron chi connectivity index (χ3n) is 4.02. The minimum atomic E-state index is -1.75. The Bertz CT molecular complexity index is 207. The van der Waals surface area contributed by atoms with Gasteiger partial charge in [0.05, 0.1) is 5.09 Å². The maximum Gasteiger partial charge on any atom is 1.00 e. The molecule has 29 heavy (non-hydrogen) atoms. The van der Waals surface area contributed by atoms with Gasteiger partial charge in [0.1, 0.15) is 0 Å². The predicted octanol–water partition coefficient (Wildman–Crippen LogP) is 7.34. The number of nitrogens with zero attached hydrogens (tertiary/aromatic N) is 1. The summed E-state index contributed by atoms with van der Waals surface area (Å²) in [5.41, 5.74) is 0. The van der Waals surface area contributed by atoms with Crippen molar-refractivity contribution in [2.75, 3.05) is 55.5 Å². The minimum Gasteiger partial charge on any atom is -2.00 e. The molecule has 0 rings (SSSR count). The van der Waals surface area contributed by atoms with Gasteiger partial charge in [0, 0.05) is 0 Å². The van der Waals surface area contributed by atoms with Crippen molar-refractivity contribution in [1.82, 2.24) is 0 Å². The van der Waals surface area contributed by atoms with Gasteiger partial charge in [0.25, 0.3) is 0 Å². The molecule has 0 radical (unpaired) electrons. The fourth-order valence-corrected chi connectivity index (χ4v) is 6.04. The molecule has 0 spiro atoms. The third-order valence-corrected chi connectivity index (χ3v) is 12.1. The van der Waals surface area contributed by atoms with E-state index in [0.717, 1.165) is 0 Å². The van der Waals surface area contributed by atoms with Crippen LogP contribution in [0.3, 0.4) is 0 Å². The van der Waals surface area contributed by atoms with E-state index in [1.807, 2.05) is 0 Å². The van der Waals surface area contributed by atoms with Gasteiger partial charge in [-0.25, -0.2) is 0 Å². The maximum atomic E-state index is 8.25. The first-order chi connectivity index (χ1) is 11.8. The summed E-state index contributed by atoms with van der Waals surface area (Å²) in [6.07, 6.45) is 12.8. The van der Waals surface area contributed by atoms with Crippen molar-refractivity contribution in [2.24, 2.45) is 0 Å². The van der Waals surface area contributed by atoms with Crippen molar-refractivity contribution in [3.63, 3.8) is 0 Å². The van der Waals surface area contributed by atoms with E-state index in [-0.39, 0.29) is 80.6 Å². The Balaban J connectivity index is -0.0000000328. The summed E-state index contributed by atoms with van der Waals surface area (Å²) in [6.45, 7) is 20.6. The van der Waals surface area contributed by atoms with Crippen LogP contribution in [0.4, 0.5) is 0 Å². The fraction of sp³-hybridized carbons (Fsp3) is 1.00. The molecule has 0 saturated carbocycles. The van der Waals surface area contributed by atoms with Crippen molar-refractivity contribution in [1.29, 1.82) is 0 Å². The molecule has 0 saturated heterocycles. The Morgan fingerprint density at radius 2 is 0.552 bits per heavy atom. The smallest absolute Gasteiger partial charge is 1.00 e. The van der Waals surface area contributed by atoms with Gasteiger partial charge in [0.15, 0.2) is 0 Å². The quantitative estimate of drug-likeness (QED) is 0.105. The van der Waals surface area contributed by atoms with Gasteiger partial charge in [-0.1, -0.05) is 62.3 Å². The zero-order valence-electron chi connectivity index (χ0n) is 19.7. The van der Waals surface area contributed by atoms with E-state index in [1.165, 1.54) is 55.5 Å². The first kappa shape index (κ1) is 53.4. The van der Waals surface area contributed by atoms with Gasteiger partial charge in [-0.15, -0.1) is 23.8 Å². The van der Waals surface area contributed by atoms with Crippen LogP contribution in [0.25, 0.3) is 0 Å². The van der Waals surface area contributed by atoms with E-state index in [2.05, 4.69) is 62.3 Å². The van der Waals surface area contributed by atoms with Crippen LogP contribution in [0.5, 0.6) is 0 Å². The first-order valence-corrected chi connectivity index (χ1v) is 15.4. The minimum absolute atomic E-state index is 0. The monoisotopic (exact) mass is 1040 g/mol. The molecule has 0 aliphatic heterocycles. The molecule has 4 nitrogen and oxygen atoms in total. The Kier molecular flexibility index (Phi) is 89.3. The summed E-state index contributed by atoms with van der Waals surface area (Å²) in [5, 5.41) is 14.8. The van der Waals surface area contributed by atoms with E-state index >= 15 is 0 Å². The van der Waals surface area contributed by atoms with Gasteiger partial charge in [-0.05, 0) is 55.5 Å². The molecule has 0 aromatic carbocycles. The van der Waals surface area contributed by atoms with Crippen molar-refractivity contribution in [3.05, 3.63) is 15.3 Å². The molecule has 0 N–H and O–H groups in total. The number of hydrogen-bond donors (Lipinski definition) is 0. The van der Waals surface area contributed by atoms with Crippen LogP contribution >= 0.6 is 23.8 Å². The van der Waals surface area contributed by atoms with E-state index in [9.17, 15) is 0 Å². The van der Waals surface area contributed by atoms with Gasteiger partial charge < -0.3 is 28.8 Å². The summed E-state index contributed by atoms with van der Waals surface area (Å²) >= 11 is 0. The van der Waals surface area contributed by atoms with Crippen LogP contribution in [0.2, 0.25) is 0 Å². The predicted molar refractivity (Wildman–Crippen MR) is 133 cm³/mol. The molecule has 0 fully saturated rings. The van der Waals surface area contributed by atoms with Crippen LogP contribution in [0.15, 0.2) is 0 Å². The molecule has 0 aromatic rings. The van der Waals surface area contributed by atoms with Crippen molar-refractivity contribution in [3.8, 4) is 0 Å². The molecule has 0 amide bonds. The Morgan fingerprint density at radius 1 is 0.483 bits per heavy atom. The molecule has 0 heterocycles.